The Bertz CT molecular complexity index is 1540. The number of rotatable bonds is 5. The van der Waals surface area contributed by atoms with Crippen molar-refractivity contribution in [1.82, 2.24) is 34.7 Å². The van der Waals surface area contributed by atoms with Crippen LogP contribution in [0.4, 0.5) is 11.6 Å². The number of ether oxygens (including phenoxy) is 1. The molecule has 0 radical (unpaired) electrons. The third-order valence-corrected chi connectivity index (χ3v) is 6.68. The van der Waals surface area contributed by atoms with Crippen LogP contribution >= 0.6 is 0 Å². The number of nitrogens with one attached hydrogen (secondary N) is 2. The highest BCUT2D eigenvalue weighted by molar-refractivity contribution is 6.01. The van der Waals surface area contributed by atoms with Crippen molar-refractivity contribution in [2.45, 2.75) is 19.4 Å². The molecule has 0 spiro atoms. The summed E-state index contributed by atoms with van der Waals surface area (Å²) in [6.07, 6.45) is 4.18. The maximum Gasteiger partial charge on any atom is 0.228 e. The monoisotopic (exact) mass is 476 g/mol. The molecule has 0 unspecified atom stereocenters. The van der Waals surface area contributed by atoms with Gasteiger partial charge in [0, 0.05) is 59.0 Å². The fraction of sp³-hybridized carbons (Fsp3) is 0.417. The van der Waals surface area contributed by atoms with Gasteiger partial charge in [0.1, 0.15) is 5.52 Å². The number of carbonyl (C=O) groups is 1. The Kier molecular flexibility index (Phi) is 4.52. The molecule has 1 saturated heterocycles. The van der Waals surface area contributed by atoms with Gasteiger partial charge in [-0.2, -0.15) is 0 Å². The number of hydrogen-bond acceptors (Lipinski definition) is 9. The Labute approximate surface area is 206 Å². The lowest BCUT2D eigenvalue weighted by molar-refractivity contribution is -0.117. The van der Waals surface area contributed by atoms with E-state index in [-0.39, 0.29) is 35.1 Å². The van der Waals surface area contributed by atoms with Crippen molar-refractivity contribution in [1.29, 1.82) is 0 Å². The molecule has 11 nitrogen and oxygen atoms in total. The molecule has 0 bridgehead atoms. The highest BCUT2D eigenvalue weighted by atomic mass is 16.5. The van der Waals surface area contributed by atoms with Gasteiger partial charge in [0.25, 0.3) is 0 Å². The zero-order valence-electron chi connectivity index (χ0n) is 22.4. The van der Waals surface area contributed by atoms with Crippen molar-refractivity contribution < 1.29 is 13.6 Å². The molecular formula is C24H27N9O2. The minimum Gasteiger partial charge on any atom is -0.371 e. The molecule has 1 amide bonds. The van der Waals surface area contributed by atoms with E-state index in [0.717, 1.165) is 25.1 Å². The number of hydrogen-bond donors (Lipinski definition) is 2. The first kappa shape index (κ1) is 18.6. The van der Waals surface area contributed by atoms with Gasteiger partial charge in [-0.25, -0.2) is 14.5 Å². The molecule has 2 N–H and O–H groups in total. The summed E-state index contributed by atoms with van der Waals surface area (Å²) in [6.45, 7) is 1.88. The molecule has 2 aliphatic rings. The summed E-state index contributed by atoms with van der Waals surface area (Å²) < 4.78 is 30.4. The second-order valence-corrected chi connectivity index (χ2v) is 9.27. The van der Waals surface area contributed by atoms with Crippen LogP contribution in [0.3, 0.4) is 0 Å². The first-order chi connectivity index (χ1) is 18.1. The Hall–Kier alpha value is -3.70. The SMILES string of the molecule is [2H]C([2H])([2H])Nc1ncc(-c2nc3ccc([C@@H]4CN(C)CCO4)cn3n2)c2cc(NC(=O)[C@H]3C[C@H]3C)nnc12. The van der Waals surface area contributed by atoms with Crippen molar-refractivity contribution in [3.8, 4) is 11.4 Å². The minimum absolute atomic E-state index is 0.0422. The van der Waals surface area contributed by atoms with Crippen molar-refractivity contribution in [3.63, 3.8) is 0 Å². The lowest BCUT2D eigenvalue weighted by Crippen LogP contribution is -2.35. The van der Waals surface area contributed by atoms with Gasteiger partial charge in [0.05, 0.1) is 12.7 Å². The van der Waals surface area contributed by atoms with Crippen molar-refractivity contribution >= 4 is 34.1 Å². The molecule has 35 heavy (non-hydrogen) atoms. The number of amides is 1. The van der Waals surface area contributed by atoms with E-state index in [1.807, 2.05) is 25.3 Å². The van der Waals surface area contributed by atoms with Gasteiger partial charge in [-0.15, -0.1) is 15.3 Å². The molecule has 1 saturated carbocycles. The van der Waals surface area contributed by atoms with Crippen LogP contribution in [-0.4, -0.2) is 74.3 Å². The molecule has 5 heterocycles. The quantitative estimate of drug-likeness (QED) is 0.447. The minimum atomic E-state index is -2.48. The number of carbonyl (C=O) groups excluding carboxylic acids is 1. The average Bonchev–Trinajstić information content (AvgIpc) is 3.45. The predicted molar refractivity (Wildman–Crippen MR) is 131 cm³/mol. The summed E-state index contributed by atoms with van der Waals surface area (Å²) in [5.41, 5.74) is 2.38. The number of pyridine rings is 2. The van der Waals surface area contributed by atoms with Crippen LogP contribution in [0.1, 0.15) is 29.1 Å². The second-order valence-electron chi connectivity index (χ2n) is 9.27. The summed E-state index contributed by atoms with van der Waals surface area (Å²) in [4.78, 5) is 23.7. The van der Waals surface area contributed by atoms with Crippen molar-refractivity contribution in [2.24, 2.45) is 11.8 Å². The number of anilines is 2. The molecule has 2 fully saturated rings. The maximum absolute atomic E-state index is 12.5. The van der Waals surface area contributed by atoms with Gasteiger partial charge in [0.2, 0.25) is 5.91 Å². The van der Waals surface area contributed by atoms with Gasteiger partial charge < -0.3 is 20.3 Å². The molecule has 1 aliphatic carbocycles. The van der Waals surface area contributed by atoms with Crippen LogP contribution in [0.15, 0.2) is 30.6 Å². The van der Waals surface area contributed by atoms with Crippen LogP contribution < -0.4 is 10.6 Å². The summed E-state index contributed by atoms with van der Waals surface area (Å²) >= 11 is 0. The van der Waals surface area contributed by atoms with Gasteiger partial charge in [-0.3, -0.25) is 4.79 Å². The summed E-state index contributed by atoms with van der Waals surface area (Å²) in [5, 5.41) is 18.7. The smallest absolute Gasteiger partial charge is 0.228 e. The molecule has 4 aromatic heterocycles. The van der Waals surface area contributed by atoms with Crippen molar-refractivity contribution in [3.05, 3.63) is 36.2 Å². The van der Waals surface area contributed by atoms with E-state index in [1.165, 1.54) is 6.20 Å². The Morgan fingerprint density at radius 2 is 2.20 bits per heavy atom. The zero-order valence-corrected chi connectivity index (χ0v) is 19.4. The van der Waals surface area contributed by atoms with Crippen LogP contribution in [0, 0.1) is 11.8 Å². The average molecular weight is 477 g/mol. The predicted octanol–water partition coefficient (Wildman–Crippen LogP) is 2.37. The lowest BCUT2D eigenvalue weighted by atomic mass is 10.1. The molecule has 180 valence electrons. The number of aromatic nitrogens is 6. The van der Waals surface area contributed by atoms with Gasteiger partial charge in [-0.1, -0.05) is 13.0 Å². The van der Waals surface area contributed by atoms with E-state index in [4.69, 9.17) is 8.85 Å². The fourth-order valence-corrected chi connectivity index (χ4v) is 4.45. The van der Waals surface area contributed by atoms with Crippen LogP contribution in [0.25, 0.3) is 27.9 Å². The largest absolute Gasteiger partial charge is 0.371 e. The molecule has 3 atom stereocenters. The molecule has 1 aliphatic heterocycles. The topological polar surface area (TPSA) is 122 Å². The summed E-state index contributed by atoms with van der Waals surface area (Å²) in [7, 11) is 2.06. The standard InChI is InChI=1S/C24H27N9O2/c1-13-8-15(13)24(34)27-19-9-16-17(10-26-23(25-2)21(16)30-29-19)22-28-20-5-4-14(11-33(20)31-22)18-12-32(3)6-7-35-18/h4-5,9-11,13,15,18H,6-8,12H2,1-3H3,(H,25,26)(H,27,29,34)/t13-,15+,18+/m1/s1/i2D3. The third-order valence-electron chi connectivity index (χ3n) is 6.68. The Morgan fingerprint density at radius 3 is 3.00 bits per heavy atom. The molecule has 0 aromatic carbocycles. The van der Waals surface area contributed by atoms with E-state index < -0.39 is 6.98 Å². The number of nitrogens with zero attached hydrogens (tertiary/aromatic N) is 7. The highest BCUT2D eigenvalue weighted by Crippen LogP contribution is 2.38. The first-order valence-corrected chi connectivity index (χ1v) is 11.6. The van der Waals surface area contributed by atoms with Gasteiger partial charge in [0.15, 0.2) is 23.1 Å². The van der Waals surface area contributed by atoms with Crippen LogP contribution in [0.2, 0.25) is 0 Å². The van der Waals surface area contributed by atoms with E-state index in [1.54, 1.807) is 10.6 Å². The highest BCUT2D eigenvalue weighted by Gasteiger charge is 2.39. The van der Waals surface area contributed by atoms with Gasteiger partial charge >= 0.3 is 0 Å². The number of fused-ring (bicyclic) bond motifs is 2. The maximum atomic E-state index is 12.5. The summed E-state index contributed by atoms with van der Waals surface area (Å²) in [6, 6.07) is 5.51. The summed E-state index contributed by atoms with van der Waals surface area (Å²) in [5.74, 6) is 0.872. The number of likely N-dealkylation sites (N-methyl/N-ethyl adjacent to an activating group) is 1. The van der Waals surface area contributed by atoms with Gasteiger partial charge in [-0.05, 0) is 31.5 Å². The van der Waals surface area contributed by atoms with Crippen LogP contribution in [0.5, 0.6) is 0 Å². The normalized spacial score (nSPS) is 24.1. The fourth-order valence-electron chi connectivity index (χ4n) is 4.45. The van der Waals surface area contributed by atoms with E-state index in [9.17, 15) is 4.79 Å². The first-order valence-electron chi connectivity index (χ1n) is 13.1. The third kappa shape index (κ3) is 4.06. The zero-order chi connectivity index (χ0) is 26.6. The van der Waals surface area contributed by atoms with E-state index in [2.05, 4.69) is 47.8 Å². The van der Waals surface area contributed by atoms with Crippen molar-refractivity contribution in [2.75, 3.05) is 44.4 Å². The Morgan fingerprint density at radius 1 is 1.31 bits per heavy atom. The van der Waals surface area contributed by atoms with Crippen LogP contribution in [-0.2, 0) is 9.53 Å². The molecule has 6 rings (SSSR count). The molecular weight excluding hydrogens is 446 g/mol. The molecule has 4 aromatic rings. The lowest BCUT2D eigenvalue weighted by Gasteiger charge is -2.30. The Balaban J connectivity index is 1.40. The second kappa shape index (κ2) is 8.51. The number of morpholine rings is 1. The van der Waals surface area contributed by atoms with E-state index >= 15 is 0 Å². The van der Waals surface area contributed by atoms with E-state index in [0.29, 0.717) is 34.9 Å². The molecule has 11 heteroatoms.